The van der Waals surface area contributed by atoms with E-state index in [1.54, 1.807) is 47.3 Å². The van der Waals surface area contributed by atoms with Crippen molar-refractivity contribution in [3.05, 3.63) is 72.5 Å². The van der Waals surface area contributed by atoms with Gasteiger partial charge < -0.3 is 9.42 Å². The molecule has 4 aromatic rings. The molecule has 0 aliphatic carbocycles. The molecule has 1 amide bonds. The van der Waals surface area contributed by atoms with Crippen LogP contribution in [0.1, 0.15) is 16.1 Å². The van der Waals surface area contributed by atoms with Gasteiger partial charge in [0.25, 0.3) is 5.91 Å². The third kappa shape index (κ3) is 2.99. The van der Waals surface area contributed by atoms with Crippen LogP contribution in [0.2, 0.25) is 0 Å². The van der Waals surface area contributed by atoms with E-state index in [0.717, 1.165) is 16.8 Å². The summed E-state index contributed by atoms with van der Waals surface area (Å²) < 4.78 is 7.07. The molecule has 0 unspecified atom stereocenters. The van der Waals surface area contributed by atoms with E-state index in [1.165, 1.54) is 0 Å². The summed E-state index contributed by atoms with van der Waals surface area (Å²) >= 11 is 0. The number of hydrogen-bond donors (Lipinski definition) is 0. The molecule has 7 heteroatoms. The Bertz CT molecular complexity index is 1020. The second kappa shape index (κ2) is 6.20. The lowest BCUT2D eigenvalue weighted by atomic mass is 10.2. The lowest BCUT2D eigenvalue weighted by Crippen LogP contribution is -2.26. The summed E-state index contributed by atoms with van der Waals surface area (Å²) in [6, 6.07) is 11.0. The first-order valence-electron chi connectivity index (χ1n) is 7.75. The number of rotatable bonds is 4. The van der Waals surface area contributed by atoms with Gasteiger partial charge >= 0.3 is 0 Å². The van der Waals surface area contributed by atoms with E-state index in [2.05, 4.69) is 15.2 Å². The van der Waals surface area contributed by atoms with Crippen LogP contribution in [0.4, 0.5) is 0 Å². The second-order valence-electron chi connectivity index (χ2n) is 5.69. The fourth-order valence-corrected chi connectivity index (χ4v) is 2.63. The van der Waals surface area contributed by atoms with Crippen molar-refractivity contribution in [2.75, 3.05) is 7.05 Å². The summed E-state index contributed by atoms with van der Waals surface area (Å²) in [7, 11) is 1.73. The molecule has 0 radical (unpaired) electrons. The number of fused-ring (bicyclic) bond motifs is 1. The Labute approximate surface area is 143 Å². The summed E-state index contributed by atoms with van der Waals surface area (Å²) in [5, 5.41) is 8.18. The van der Waals surface area contributed by atoms with Crippen LogP contribution in [0.5, 0.6) is 0 Å². The third-order valence-corrected chi connectivity index (χ3v) is 3.92. The van der Waals surface area contributed by atoms with Crippen LogP contribution >= 0.6 is 0 Å². The Kier molecular flexibility index (Phi) is 3.74. The molecule has 0 aliphatic rings. The van der Waals surface area contributed by atoms with E-state index in [9.17, 15) is 4.79 Å². The van der Waals surface area contributed by atoms with Crippen LogP contribution < -0.4 is 0 Å². The molecule has 0 N–H and O–H groups in total. The minimum Gasteiger partial charge on any atom is -0.359 e. The minimum absolute atomic E-state index is 0.0921. The van der Waals surface area contributed by atoms with Crippen LogP contribution in [0.15, 0.2) is 65.7 Å². The van der Waals surface area contributed by atoms with Gasteiger partial charge in [0.1, 0.15) is 5.69 Å². The van der Waals surface area contributed by atoms with Gasteiger partial charge in [-0.05, 0) is 30.3 Å². The monoisotopic (exact) mass is 333 g/mol. The van der Waals surface area contributed by atoms with Crippen molar-refractivity contribution in [1.29, 1.82) is 0 Å². The van der Waals surface area contributed by atoms with Gasteiger partial charge in [0.15, 0.2) is 5.76 Å². The lowest BCUT2D eigenvalue weighted by Gasteiger charge is -2.15. The number of amides is 1. The van der Waals surface area contributed by atoms with Gasteiger partial charge in [-0.15, -0.1) is 0 Å². The largest absolute Gasteiger partial charge is 0.359 e. The first-order chi connectivity index (χ1) is 12.2. The topological polar surface area (TPSA) is 76.5 Å². The fraction of sp³-hybridized carbons (Fsp3) is 0.111. The number of hydrogen-bond acceptors (Lipinski definition) is 5. The van der Waals surface area contributed by atoms with E-state index in [-0.39, 0.29) is 5.91 Å². The highest BCUT2D eigenvalue weighted by molar-refractivity contribution is 5.95. The van der Waals surface area contributed by atoms with E-state index < -0.39 is 0 Å². The predicted molar refractivity (Wildman–Crippen MR) is 90.7 cm³/mol. The van der Waals surface area contributed by atoms with Crippen molar-refractivity contribution < 1.29 is 9.32 Å². The van der Waals surface area contributed by atoms with Gasteiger partial charge in [-0.1, -0.05) is 5.16 Å². The van der Waals surface area contributed by atoms with E-state index in [4.69, 9.17) is 4.52 Å². The van der Waals surface area contributed by atoms with Crippen LogP contribution in [-0.4, -0.2) is 37.6 Å². The molecule has 124 valence electrons. The van der Waals surface area contributed by atoms with Crippen molar-refractivity contribution in [1.82, 2.24) is 24.7 Å². The van der Waals surface area contributed by atoms with Gasteiger partial charge in [0.2, 0.25) is 0 Å². The smallest absolute Gasteiger partial charge is 0.254 e. The highest BCUT2D eigenvalue weighted by Gasteiger charge is 2.15. The molecule has 0 atom stereocenters. The van der Waals surface area contributed by atoms with Crippen LogP contribution in [0.25, 0.3) is 16.8 Å². The van der Waals surface area contributed by atoms with Crippen molar-refractivity contribution in [3.8, 4) is 11.3 Å². The minimum atomic E-state index is -0.0921. The molecule has 0 saturated carbocycles. The summed E-state index contributed by atoms with van der Waals surface area (Å²) in [6.07, 6.45) is 6.87. The average molecular weight is 333 g/mol. The second-order valence-corrected chi connectivity index (χ2v) is 5.69. The molecule has 4 rings (SSSR count). The molecule has 0 bridgehead atoms. The summed E-state index contributed by atoms with van der Waals surface area (Å²) in [5.41, 5.74) is 3.12. The Morgan fingerprint density at radius 3 is 2.84 bits per heavy atom. The zero-order valence-corrected chi connectivity index (χ0v) is 13.5. The molecule has 7 nitrogen and oxygen atoms in total. The van der Waals surface area contributed by atoms with Crippen molar-refractivity contribution in [2.45, 2.75) is 6.54 Å². The molecule has 0 fully saturated rings. The van der Waals surface area contributed by atoms with Gasteiger partial charge in [-0.3, -0.25) is 9.78 Å². The molecule has 4 aromatic heterocycles. The normalized spacial score (nSPS) is 10.9. The first-order valence-corrected chi connectivity index (χ1v) is 7.75. The molecular weight excluding hydrogens is 318 g/mol. The molecule has 0 aromatic carbocycles. The van der Waals surface area contributed by atoms with Gasteiger partial charge in [0.05, 0.1) is 12.1 Å². The van der Waals surface area contributed by atoms with E-state index in [1.807, 2.05) is 30.3 Å². The number of carbonyl (C=O) groups excluding carboxylic acids is 1. The Hall–Kier alpha value is -3.48. The number of carbonyl (C=O) groups is 1. The zero-order valence-electron chi connectivity index (χ0n) is 13.5. The number of nitrogens with zero attached hydrogens (tertiary/aromatic N) is 5. The summed E-state index contributed by atoms with van der Waals surface area (Å²) in [4.78, 5) is 18.2. The zero-order chi connectivity index (χ0) is 17.2. The summed E-state index contributed by atoms with van der Waals surface area (Å²) in [6.45, 7) is 0.335. The van der Waals surface area contributed by atoms with Gasteiger partial charge in [-0.25, -0.2) is 4.52 Å². The Morgan fingerprint density at radius 1 is 1.16 bits per heavy atom. The van der Waals surface area contributed by atoms with Gasteiger partial charge in [-0.2, -0.15) is 5.10 Å². The molecule has 0 spiro atoms. The number of aromatic nitrogens is 4. The highest BCUT2D eigenvalue weighted by atomic mass is 16.5. The first kappa shape index (κ1) is 15.1. The quantitative estimate of drug-likeness (QED) is 0.574. The van der Waals surface area contributed by atoms with Crippen molar-refractivity contribution in [3.63, 3.8) is 0 Å². The average Bonchev–Trinajstić information content (AvgIpc) is 3.30. The van der Waals surface area contributed by atoms with Crippen molar-refractivity contribution >= 4 is 11.4 Å². The Balaban J connectivity index is 1.50. The molecule has 0 aliphatic heterocycles. The standard InChI is InChI=1S/C18H15N5O2/c1-22(18(24)14-5-9-23-15(10-14)4-8-20-23)12-16-11-17(21-25-16)13-2-6-19-7-3-13/h2-11H,12H2,1H3. The third-order valence-electron chi connectivity index (χ3n) is 3.92. The van der Waals surface area contributed by atoms with Crippen molar-refractivity contribution in [2.24, 2.45) is 0 Å². The molecule has 4 heterocycles. The van der Waals surface area contributed by atoms with E-state index >= 15 is 0 Å². The lowest BCUT2D eigenvalue weighted by molar-refractivity contribution is 0.0772. The van der Waals surface area contributed by atoms with Crippen LogP contribution in [0.3, 0.4) is 0 Å². The van der Waals surface area contributed by atoms with Gasteiger partial charge in [0, 0.05) is 49.0 Å². The maximum Gasteiger partial charge on any atom is 0.254 e. The summed E-state index contributed by atoms with van der Waals surface area (Å²) in [5.74, 6) is 0.527. The molecule has 0 saturated heterocycles. The van der Waals surface area contributed by atoms with Crippen LogP contribution in [-0.2, 0) is 6.54 Å². The predicted octanol–water partition coefficient (Wildman–Crippen LogP) is 2.66. The molecular formula is C18H15N5O2. The SMILES string of the molecule is CN(Cc1cc(-c2ccncc2)no1)C(=O)c1ccn2nccc2c1. The maximum absolute atomic E-state index is 12.6. The van der Waals surface area contributed by atoms with E-state index in [0.29, 0.717) is 17.9 Å². The highest BCUT2D eigenvalue weighted by Crippen LogP contribution is 2.19. The number of pyridine rings is 2. The maximum atomic E-state index is 12.6. The fourth-order valence-electron chi connectivity index (χ4n) is 2.63. The van der Waals surface area contributed by atoms with Crippen LogP contribution in [0, 0.1) is 0 Å². The Morgan fingerprint density at radius 2 is 2.00 bits per heavy atom. The molecule has 25 heavy (non-hydrogen) atoms.